The molecular formula is C11H12BrN3O2S2. The van der Waals surface area contributed by atoms with E-state index >= 15 is 0 Å². The second kappa shape index (κ2) is 6.06. The molecule has 0 amide bonds. The Morgan fingerprint density at radius 3 is 2.84 bits per heavy atom. The molecule has 1 N–H and O–H groups in total. The summed E-state index contributed by atoms with van der Waals surface area (Å²) < 4.78 is 3.01. The van der Waals surface area contributed by atoms with Crippen LogP contribution in [-0.2, 0) is 11.3 Å². The highest BCUT2D eigenvalue weighted by Gasteiger charge is 2.16. The summed E-state index contributed by atoms with van der Waals surface area (Å²) in [5.41, 5.74) is 1.16. The summed E-state index contributed by atoms with van der Waals surface area (Å²) in [7, 11) is 0. The molecule has 0 aliphatic heterocycles. The summed E-state index contributed by atoms with van der Waals surface area (Å²) in [6, 6.07) is 2.05. The largest absolute Gasteiger partial charge is 0.481 e. The van der Waals surface area contributed by atoms with Crippen molar-refractivity contribution in [1.29, 1.82) is 0 Å². The van der Waals surface area contributed by atoms with Gasteiger partial charge in [-0.3, -0.25) is 4.79 Å². The molecule has 102 valence electrons. The van der Waals surface area contributed by atoms with E-state index < -0.39 is 5.97 Å². The Bertz CT molecular complexity index is 590. The predicted molar refractivity (Wildman–Crippen MR) is 79.8 cm³/mol. The Balaban J connectivity index is 2.33. The van der Waals surface area contributed by atoms with Crippen molar-refractivity contribution in [2.24, 2.45) is 0 Å². The van der Waals surface area contributed by atoms with Gasteiger partial charge in [0.1, 0.15) is 0 Å². The van der Waals surface area contributed by atoms with E-state index in [4.69, 9.17) is 5.11 Å². The van der Waals surface area contributed by atoms with Crippen molar-refractivity contribution in [2.45, 2.75) is 25.5 Å². The summed E-state index contributed by atoms with van der Waals surface area (Å²) in [5, 5.41) is 17.6. The number of hydrogen-bond donors (Lipinski definition) is 1. The van der Waals surface area contributed by atoms with Gasteiger partial charge in [0.15, 0.2) is 11.0 Å². The number of aliphatic carboxylic acids is 1. The van der Waals surface area contributed by atoms with Gasteiger partial charge in [-0.25, -0.2) is 0 Å². The maximum atomic E-state index is 10.6. The summed E-state index contributed by atoms with van der Waals surface area (Å²) in [5.74, 6) is -0.0771. The van der Waals surface area contributed by atoms with Crippen LogP contribution in [0.5, 0.6) is 0 Å². The van der Waals surface area contributed by atoms with Crippen LogP contribution in [0.2, 0.25) is 0 Å². The van der Waals surface area contributed by atoms with Crippen LogP contribution in [0.15, 0.2) is 15.0 Å². The summed E-state index contributed by atoms with van der Waals surface area (Å²) in [6.45, 7) is 4.73. The van der Waals surface area contributed by atoms with Crippen LogP contribution in [-0.4, -0.2) is 31.6 Å². The zero-order chi connectivity index (χ0) is 14.0. The molecule has 0 atom stereocenters. The highest BCUT2D eigenvalue weighted by atomic mass is 79.9. The second-order valence-electron chi connectivity index (χ2n) is 3.80. The lowest BCUT2D eigenvalue weighted by molar-refractivity contribution is -0.133. The minimum absolute atomic E-state index is 0.00863. The Labute approximate surface area is 127 Å². The fraction of sp³-hybridized carbons (Fsp3) is 0.364. The summed E-state index contributed by atoms with van der Waals surface area (Å²) in [4.78, 5) is 11.6. The number of carboxylic acids is 1. The fourth-order valence-corrected chi connectivity index (χ4v) is 3.81. The smallest absolute Gasteiger partial charge is 0.313 e. The zero-order valence-electron chi connectivity index (χ0n) is 10.4. The first-order valence-electron chi connectivity index (χ1n) is 5.57. The molecule has 2 heterocycles. The number of aromatic nitrogens is 3. The molecular weight excluding hydrogens is 350 g/mol. The monoisotopic (exact) mass is 361 g/mol. The van der Waals surface area contributed by atoms with Gasteiger partial charge >= 0.3 is 5.97 Å². The van der Waals surface area contributed by atoms with Crippen LogP contribution in [0.4, 0.5) is 0 Å². The molecule has 0 aliphatic rings. The van der Waals surface area contributed by atoms with E-state index in [2.05, 4.69) is 32.2 Å². The van der Waals surface area contributed by atoms with Gasteiger partial charge in [-0.15, -0.1) is 21.5 Å². The SMILES string of the molecule is CCn1c(SCC(=O)O)nnc1-c1cc(C)c(Br)s1. The van der Waals surface area contributed by atoms with Crippen LogP contribution in [0.25, 0.3) is 10.7 Å². The lowest BCUT2D eigenvalue weighted by Gasteiger charge is -2.04. The summed E-state index contributed by atoms with van der Waals surface area (Å²) in [6.07, 6.45) is 0. The molecule has 0 saturated carbocycles. The van der Waals surface area contributed by atoms with Crippen molar-refractivity contribution >= 4 is 45.0 Å². The molecule has 0 bridgehead atoms. The minimum Gasteiger partial charge on any atom is -0.481 e. The maximum absolute atomic E-state index is 10.6. The molecule has 0 radical (unpaired) electrons. The van der Waals surface area contributed by atoms with Crippen molar-refractivity contribution in [3.63, 3.8) is 0 Å². The molecule has 8 heteroatoms. The number of nitrogens with zero attached hydrogens (tertiary/aromatic N) is 3. The van der Waals surface area contributed by atoms with Crippen LogP contribution >= 0.6 is 39.0 Å². The second-order valence-corrected chi connectivity index (χ2v) is 7.11. The van der Waals surface area contributed by atoms with E-state index in [-0.39, 0.29) is 5.75 Å². The van der Waals surface area contributed by atoms with E-state index in [1.165, 1.54) is 11.8 Å². The molecule has 2 aromatic heterocycles. The number of thioether (sulfide) groups is 1. The highest BCUT2D eigenvalue weighted by molar-refractivity contribution is 9.11. The number of thiophene rings is 1. The molecule has 0 aromatic carbocycles. The zero-order valence-corrected chi connectivity index (χ0v) is 13.6. The Hall–Kier alpha value is -0.860. The van der Waals surface area contributed by atoms with Crippen molar-refractivity contribution < 1.29 is 9.90 Å². The van der Waals surface area contributed by atoms with Gasteiger partial charge in [-0.05, 0) is 41.4 Å². The number of hydrogen-bond acceptors (Lipinski definition) is 5. The fourth-order valence-electron chi connectivity index (χ4n) is 1.56. The van der Waals surface area contributed by atoms with Crippen molar-refractivity contribution in [1.82, 2.24) is 14.8 Å². The van der Waals surface area contributed by atoms with Crippen molar-refractivity contribution in [3.8, 4) is 10.7 Å². The first-order valence-corrected chi connectivity index (χ1v) is 8.16. The standard InChI is InChI=1S/C11H12BrN3O2S2/c1-3-15-10(7-4-6(2)9(12)19-7)13-14-11(15)18-5-8(16)17/h4H,3,5H2,1-2H3,(H,16,17). The number of aryl methyl sites for hydroxylation is 1. The lowest BCUT2D eigenvalue weighted by Crippen LogP contribution is -2.02. The summed E-state index contributed by atoms with van der Waals surface area (Å²) >= 11 is 6.29. The highest BCUT2D eigenvalue weighted by Crippen LogP contribution is 2.35. The topological polar surface area (TPSA) is 68.0 Å². The van der Waals surface area contributed by atoms with Crippen LogP contribution in [0.3, 0.4) is 0 Å². The van der Waals surface area contributed by atoms with Gasteiger partial charge in [-0.2, -0.15) is 0 Å². The van der Waals surface area contributed by atoms with Gasteiger partial charge in [0.25, 0.3) is 0 Å². The molecule has 19 heavy (non-hydrogen) atoms. The van der Waals surface area contributed by atoms with Gasteiger partial charge in [0, 0.05) is 6.54 Å². The average molecular weight is 362 g/mol. The third-order valence-corrected chi connectivity index (χ3v) is 5.52. The van der Waals surface area contributed by atoms with Crippen LogP contribution in [0.1, 0.15) is 12.5 Å². The van der Waals surface area contributed by atoms with Crippen LogP contribution < -0.4 is 0 Å². The third-order valence-electron chi connectivity index (χ3n) is 2.44. The van der Waals surface area contributed by atoms with Gasteiger partial charge < -0.3 is 9.67 Å². The number of rotatable bonds is 5. The van der Waals surface area contributed by atoms with Gasteiger partial charge in [0.05, 0.1) is 14.4 Å². The van der Waals surface area contributed by atoms with E-state index in [9.17, 15) is 4.79 Å². The predicted octanol–water partition coefficient (Wildman–Crippen LogP) is 3.27. The number of carboxylic acid groups (broad SMARTS) is 1. The Morgan fingerprint density at radius 1 is 1.58 bits per heavy atom. The van der Waals surface area contributed by atoms with E-state index in [0.717, 1.165) is 20.1 Å². The first-order chi connectivity index (χ1) is 9.02. The quantitative estimate of drug-likeness (QED) is 0.827. The molecule has 2 aromatic rings. The molecule has 0 unspecified atom stereocenters. The molecule has 5 nitrogen and oxygen atoms in total. The molecule has 2 rings (SSSR count). The van der Waals surface area contributed by atoms with E-state index in [1.807, 2.05) is 18.4 Å². The van der Waals surface area contributed by atoms with Crippen molar-refractivity contribution in [2.75, 3.05) is 5.75 Å². The molecule has 0 aliphatic carbocycles. The first kappa shape index (κ1) is 14.5. The van der Waals surface area contributed by atoms with Crippen LogP contribution in [0, 0.1) is 6.92 Å². The normalized spacial score (nSPS) is 10.9. The molecule has 0 spiro atoms. The third kappa shape index (κ3) is 3.18. The Morgan fingerprint density at radius 2 is 2.32 bits per heavy atom. The average Bonchev–Trinajstić information content (AvgIpc) is 2.90. The molecule has 0 fully saturated rings. The van der Waals surface area contributed by atoms with Gasteiger partial charge in [-0.1, -0.05) is 11.8 Å². The number of halogens is 1. The molecule has 0 saturated heterocycles. The van der Waals surface area contributed by atoms with Crippen molar-refractivity contribution in [3.05, 3.63) is 15.4 Å². The maximum Gasteiger partial charge on any atom is 0.313 e. The Kier molecular flexibility index (Phi) is 4.64. The van der Waals surface area contributed by atoms with E-state index in [1.54, 1.807) is 11.3 Å². The van der Waals surface area contributed by atoms with E-state index in [0.29, 0.717) is 11.7 Å². The minimum atomic E-state index is -0.855. The van der Waals surface area contributed by atoms with Gasteiger partial charge in [0.2, 0.25) is 0 Å². The lowest BCUT2D eigenvalue weighted by atomic mass is 10.3. The number of carbonyl (C=O) groups is 1.